The van der Waals surface area contributed by atoms with Gasteiger partial charge in [-0.25, -0.2) is 4.98 Å². The van der Waals surface area contributed by atoms with Crippen LogP contribution in [0.4, 0.5) is 5.95 Å². The van der Waals surface area contributed by atoms with Gasteiger partial charge in [0.2, 0.25) is 5.95 Å². The van der Waals surface area contributed by atoms with Crippen LogP contribution >= 0.6 is 7.82 Å². The maximum atomic E-state index is 11.7. The zero-order valence-electron chi connectivity index (χ0n) is 15.3. The summed E-state index contributed by atoms with van der Waals surface area (Å²) in [4.78, 5) is 47.4. The van der Waals surface area contributed by atoms with Crippen LogP contribution in [-0.4, -0.2) is 59.8 Å². The summed E-state index contributed by atoms with van der Waals surface area (Å²) in [5.74, 6) is -0.101. The molecule has 140 valence electrons. The van der Waals surface area contributed by atoms with Gasteiger partial charge in [-0.05, 0) is 0 Å². The molecule has 1 fully saturated rings. The van der Waals surface area contributed by atoms with Crippen molar-refractivity contribution in [3.05, 3.63) is 16.7 Å². The van der Waals surface area contributed by atoms with E-state index in [4.69, 9.17) is 34.8 Å². The van der Waals surface area contributed by atoms with E-state index in [0.717, 1.165) is 0 Å². The maximum absolute atomic E-state index is 11.7. The number of aliphatic hydroxyl groups excluding tert-OH is 3. The van der Waals surface area contributed by atoms with Crippen LogP contribution in [0.25, 0.3) is 11.2 Å². The van der Waals surface area contributed by atoms with Gasteiger partial charge in [0.15, 0.2) is 17.4 Å². The Morgan fingerprint density at radius 1 is 1.25 bits per heavy atom. The van der Waals surface area contributed by atoms with Crippen LogP contribution in [0, 0.1) is 0 Å². The molecule has 28 heavy (non-hydrogen) atoms. The number of imidazole rings is 1. The Kier molecular flexibility index (Phi) is 14.3. The molecule has 1 saturated heterocycles. The number of rotatable bonds is 2. The number of phosphoric acid groups is 1. The van der Waals surface area contributed by atoms with Crippen LogP contribution in [-0.2, 0) is 9.30 Å². The molecule has 2 aromatic rings. The van der Waals surface area contributed by atoms with E-state index in [2.05, 4.69) is 15.0 Å². The second kappa shape index (κ2) is 12.8. The predicted molar refractivity (Wildman–Crippen MR) is 73.2 cm³/mol. The third kappa shape index (κ3) is 7.98. The summed E-state index contributed by atoms with van der Waals surface area (Å²) in [6.07, 6.45) is -3.21. The molecule has 0 unspecified atom stereocenters. The van der Waals surface area contributed by atoms with Crippen LogP contribution in [0.2, 0.25) is 0 Å². The molecule has 3 heterocycles. The maximum Gasteiger partial charge on any atom is 1.00 e. The normalized spacial score (nSPS) is 23.6. The zero-order valence-corrected chi connectivity index (χ0v) is 22.1. The van der Waals surface area contributed by atoms with Gasteiger partial charge < -0.3 is 45.0 Å². The van der Waals surface area contributed by atoms with E-state index in [0.29, 0.717) is 0 Å². The first-order valence-corrected chi connectivity index (χ1v) is 8.06. The molecule has 0 amide bonds. The number of nitrogens with zero attached hydrogens (tertiary/aromatic N) is 3. The first-order chi connectivity index (χ1) is 11.5. The van der Waals surface area contributed by atoms with Gasteiger partial charge in [0, 0.05) is 0 Å². The smallest absolute Gasteiger partial charge is 0.822 e. The number of aliphatic hydroxyl groups is 3. The van der Waals surface area contributed by atoms with Gasteiger partial charge in [-0.1, -0.05) is 0 Å². The summed E-state index contributed by atoms with van der Waals surface area (Å²) in [6.45, 7) is -0.447. The number of nitrogens with one attached hydrogen (secondary N) is 1. The van der Waals surface area contributed by atoms with Crippen molar-refractivity contribution in [2.75, 3.05) is 12.3 Å². The van der Waals surface area contributed by atoms with Crippen molar-refractivity contribution in [3.8, 4) is 0 Å². The topological polar surface area (TPSA) is 246 Å². The second-order valence-electron chi connectivity index (χ2n) is 4.95. The van der Waals surface area contributed by atoms with Crippen LogP contribution in [0.5, 0.6) is 0 Å². The number of hydrogen-bond donors (Lipinski definition) is 5. The molecule has 0 saturated carbocycles. The fraction of sp³-hybridized carbons (Fsp3) is 0.500. The van der Waals surface area contributed by atoms with Crippen molar-refractivity contribution in [2.45, 2.75) is 24.5 Å². The minimum absolute atomic E-state index is 0. The number of anilines is 1. The first kappa shape index (κ1) is 31.3. The van der Waals surface area contributed by atoms with E-state index in [9.17, 15) is 15.0 Å². The summed E-state index contributed by atoms with van der Waals surface area (Å²) in [5.41, 5.74) is 5.12. The standard InChI is InChI=1S/C10H13N5O5.3Na.H3O4P/c11-10-13-7-4(8(19)14-10)12-2-15(7)9-6(18)5(17)3(1-16)20-9;;;;1-5(2,3)4/h2-3,5-6,9,16-18H,1H2,(H3,11,13,14,19);;;;(H3,1,2,3,4)/q;3*+1;/p-3/t3-,5-,6-,9-;;;;/m1..../s1. The molecule has 4 atom stereocenters. The molecule has 14 nitrogen and oxygen atoms in total. The predicted octanol–water partition coefficient (Wildman–Crippen LogP) is -14.5. The van der Waals surface area contributed by atoms with Crippen molar-refractivity contribution in [1.82, 2.24) is 19.5 Å². The minimum atomic E-state index is -5.39. The van der Waals surface area contributed by atoms with Crippen molar-refractivity contribution in [1.29, 1.82) is 0 Å². The van der Waals surface area contributed by atoms with E-state index in [-0.39, 0.29) is 106 Å². The summed E-state index contributed by atoms with van der Waals surface area (Å²) in [5, 5.41) is 28.7. The Hall–Kier alpha value is 1.10. The van der Waals surface area contributed by atoms with Gasteiger partial charge in [0.1, 0.15) is 18.3 Å². The van der Waals surface area contributed by atoms with Gasteiger partial charge >= 0.3 is 88.7 Å². The monoisotopic (exact) mass is 447 g/mol. The fourth-order valence-electron chi connectivity index (χ4n) is 2.24. The summed E-state index contributed by atoms with van der Waals surface area (Å²) in [6, 6.07) is 0. The van der Waals surface area contributed by atoms with Crippen LogP contribution < -0.4 is 115 Å². The Balaban J connectivity index is 0. The molecule has 2 aromatic heterocycles. The molecule has 0 bridgehead atoms. The molecule has 6 N–H and O–H groups in total. The van der Waals surface area contributed by atoms with E-state index in [1.807, 2.05) is 0 Å². The quantitative estimate of drug-likeness (QED) is 0.213. The van der Waals surface area contributed by atoms with Crippen LogP contribution in [0.1, 0.15) is 6.23 Å². The number of ether oxygens (including phenoxy) is 1. The van der Waals surface area contributed by atoms with Crippen molar-refractivity contribution >= 4 is 24.9 Å². The second-order valence-corrected chi connectivity index (χ2v) is 5.85. The van der Waals surface area contributed by atoms with E-state index in [1.165, 1.54) is 10.9 Å². The Morgan fingerprint density at radius 3 is 2.25 bits per heavy atom. The molecule has 0 radical (unpaired) electrons. The molecule has 18 heteroatoms. The average Bonchev–Trinajstić information content (AvgIpc) is 3.00. The Morgan fingerprint density at radius 2 is 1.79 bits per heavy atom. The molecular weight excluding hydrogens is 434 g/mol. The molecular formula is C10H13N5Na3O9P. The number of H-pyrrole nitrogens is 1. The largest absolute Gasteiger partial charge is 1.00 e. The van der Waals surface area contributed by atoms with E-state index < -0.39 is 44.5 Å². The van der Waals surface area contributed by atoms with Gasteiger partial charge in [-0.15, -0.1) is 0 Å². The Bertz CT molecular complexity index is 852. The van der Waals surface area contributed by atoms with E-state index >= 15 is 0 Å². The molecule has 3 rings (SSSR count). The number of hydrogen-bond acceptors (Lipinski definition) is 12. The molecule has 1 aliphatic rings. The minimum Gasteiger partial charge on any atom is -0.822 e. The number of nitrogens with two attached hydrogens (primary N) is 1. The number of fused-ring (bicyclic) bond motifs is 1. The number of aromatic nitrogens is 4. The average molecular weight is 447 g/mol. The van der Waals surface area contributed by atoms with Crippen molar-refractivity contribution in [3.63, 3.8) is 0 Å². The third-order valence-electron chi connectivity index (χ3n) is 3.24. The third-order valence-corrected chi connectivity index (χ3v) is 3.24. The molecule has 0 aromatic carbocycles. The molecule has 0 aliphatic carbocycles. The molecule has 1 aliphatic heterocycles. The Labute approximate surface area is 223 Å². The first-order valence-electron chi connectivity index (χ1n) is 6.60. The zero-order chi connectivity index (χ0) is 18.9. The summed E-state index contributed by atoms with van der Waals surface area (Å²) in [7, 11) is -5.39. The van der Waals surface area contributed by atoms with E-state index in [1.54, 1.807) is 0 Å². The van der Waals surface area contributed by atoms with Crippen LogP contribution in [0.3, 0.4) is 0 Å². The van der Waals surface area contributed by atoms with Gasteiger partial charge in [0.05, 0.1) is 12.9 Å². The number of aromatic amines is 1. The summed E-state index contributed by atoms with van der Waals surface area (Å²) < 4.78 is 15.2. The van der Waals surface area contributed by atoms with Crippen molar-refractivity contribution in [2.24, 2.45) is 0 Å². The SMILES string of the molecule is Nc1nc2c(ncn2[C@@H]2O[C@H](CO)[C@@H](O)[C@H]2O)c(=O)[nH]1.O=P([O-])([O-])[O-].[Na+].[Na+].[Na+]. The molecule has 0 spiro atoms. The van der Waals surface area contributed by atoms with Gasteiger partial charge in [-0.2, -0.15) is 12.8 Å². The van der Waals surface area contributed by atoms with Crippen LogP contribution in [0.15, 0.2) is 11.1 Å². The number of nitrogen functional groups attached to an aromatic ring is 1. The fourth-order valence-corrected chi connectivity index (χ4v) is 2.24. The van der Waals surface area contributed by atoms with Gasteiger partial charge in [0.25, 0.3) is 5.56 Å². The van der Waals surface area contributed by atoms with Gasteiger partial charge in [-0.3, -0.25) is 14.3 Å². The summed E-state index contributed by atoms with van der Waals surface area (Å²) >= 11 is 0. The van der Waals surface area contributed by atoms with Crippen molar-refractivity contribution < 1.29 is 128 Å².